The summed E-state index contributed by atoms with van der Waals surface area (Å²) in [5.41, 5.74) is 0.322. The van der Waals surface area contributed by atoms with Gasteiger partial charge < -0.3 is 5.84 Å². The Kier molecular flexibility index (Phi) is 3.42. The van der Waals surface area contributed by atoms with Crippen LogP contribution < -0.4 is 5.84 Å². The molecule has 0 saturated heterocycles. The maximum absolute atomic E-state index is 11.1. The van der Waals surface area contributed by atoms with Gasteiger partial charge in [-0.15, -0.1) is 10.2 Å². The molecule has 2 aromatic heterocycles. The molecule has 0 saturated carbocycles. The fourth-order valence-corrected chi connectivity index (χ4v) is 2.60. The summed E-state index contributed by atoms with van der Waals surface area (Å²) in [5.74, 6) is 6.43. The number of hydrogen-bond donors (Lipinski definition) is 1. The van der Waals surface area contributed by atoms with Crippen LogP contribution in [0.5, 0.6) is 0 Å². The predicted octanol–water partition coefficient (Wildman–Crippen LogP) is 0.656. The summed E-state index contributed by atoms with van der Waals surface area (Å²) in [6.07, 6.45) is 0.635. The van der Waals surface area contributed by atoms with E-state index in [9.17, 15) is 10.1 Å². The highest BCUT2D eigenvalue weighted by Gasteiger charge is 2.26. The van der Waals surface area contributed by atoms with Crippen molar-refractivity contribution in [2.45, 2.75) is 30.5 Å². The minimum atomic E-state index is -0.456. The van der Waals surface area contributed by atoms with Gasteiger partial charge in [0.25, 0.3) is 0 Å². The van der Waals surface area contributed by atoms with Crippen LogP contribution in [0, 0.1) is 17.0 Å². The predicted molar refractivity (Wildman–Crippen MR) is 68.3 cm³/mol. The standard InChI is InChI=1S/C9H13N7O2S/c1-4-6-11-12-9(15(6)10)19-8-7(16(17)18)5(2)13-14(8)3/h4,10H2,1-3H3. The number of aryl methyl sites for hydroxylation is 3. The van der Waals surface area contributed by atoms with Crippen LogP contribution in [-0.4, -0.2) is 29.6 Å². The zero-order chi connectivity index (χ0) is 14.2. The van der Waals surface area contributed by atoms with Crippen LogP contribution in [0.4, 0.5) is 5.69 Å². The van der Waals surface area contributed by atoms with Crippen molar-refractivity contribution in [1.82, 2.24) is 24.7 Å². The van der Waals surface area contributed by atoms with E-state index < -0.39 is 4.92 Å². The molecule has 0 aliphatic carbocycles. The quantitative estimate of drug-likeness (QED) is 0.497. The monoisotopic (exact) mass is 283 g/mol. The Labute approximate surface area is 112 Å². The highest BCUT2D eigenvalue weighted by Crippen LogP contribution is 2.35. The minimum Gasteiger partial charge on any atom is -0.336 e. The van der Waals surface area contributed by atoms with Crippen LogP contribution in [0.25, 0.3) is 0 Å². The van der Waals surface area contributed by atoms with Gasteiger partial charge in [0.15, 0.2) is 10.9 Å². The second-order valence-electron chi connectivity index (χ2n) is 3.84. The Morgan fingerprint density at radius 2 is 2.16 bits per heavy atom. The summed E-state index contributed by atoms with van der Waals surface area (Å²) in [5, 5.41) is 23.7. The lowest BCUT2D eigenvalue weighted by Crippen LogP contribution is -2.13. The molecule has 0 aromatic carbocycles. The van der Waals surface area contributed by atoms with E-state index in [1.54, 1.807) is 14.0 Å². The normalized spacial score (nSPS) is 10.9. The third-order valence-corrected chi connectivity index (χ3v) is 3.67. The molecule has 10 heteroatoms. The summed E-state index contributed by atoms with van der Waals surface area (Å²) >= 11 is 1.08. The Morgan fingerprint density at radius 3 is 2.68 bits per heavy atom. The van der Waals surface area contributed by atoms with Gasteiger partial charge in [0.1, 0.15) is 5.69 Å². The lowest BCUT2D eigenvalue weighted by atomic mass is 10.4. The molecule has 0 amide bonds. The van der Waals surface area contributed by atoms with E-state index in [2.05, 4.69) is 15.3 Å². The van der Waals surface area contributed by atoms with Gasteiger partial charge in [-0.25, -0.2) is 4.68 Å². The number of nitrogen functional groups attached to an aromatic ring is 1. The van der Waals surface area contributed by atoms with E-state index in [4.69, 9.17) is 5.84 Å². The SMILES string of the molecule is CCc1nnc(Sc2c([N+](=O)[O-])c(C)nn2C)n1N. The molecule has 0 spiro atoms. The molecule has 2 rings (SSSR count). The van der Waals surface area contributed by atoms with Crippen molar-refractivity contribution in [3.05, 3.63) is 21.6 Å². The van der Waals surface area contributed by atoms with Gasteiger partial charge in [-0.05, 0) is 18.7 Å². The Balaban J connectivity index is 2.43. The number of nitro groups is 1. The average molecular weight is 283 g/mol. The molecule has 102 valence electrons. The second kappa shape index (κ2) is 4.88. The van der Waals surface area contributed by atoms with Crippen molar-refractivity contribution < 1.29 is 4.92 Å². The molecule has 2 heterocycles. The van der Waals surface area contributed by atoms with E-state index in [0.717, 1.165) is 11.8 Å². The molecule has 0 aliphatic heterocycles. The van der Waals surface area contributed by atoms with Crippen molar-refractivity contribution >= 4 is 17.4 Å². The number of aromatic nitrogens is 5. The summed E-state index contributed by atoms with van der Waals surface area (Å²) in [4.78, 5) is 10.6. The van der Waals surface area contributed by atoms with E-state index in [1.165, 1.54) is 9.36 Å². The molecule has 0 fully saturated rings. The minimum absolute atomic E-state index is 0.0338. The molecule has 0 aliphatic rings. The van der Waals surface area contributed by atoms with Crippen LogP contribution in [0.2, 0.25) is 0 Å². The molecule has 0 radical (unpaired) electrons. The van der Waals surface area contributed by atoms with Gasteiger partial charge >= 0.3 is 5.69 Å². The Bertz CT molecular complexity index is 633. The van der Waals surface area contributed by atoms with Crippen LogP contribution in [0.3, 0.4) is 0 Å². The lowest BCUT2D eigenvalue weighted by molar-refractivity contribution is -0.388. The Hall–Kier alpha value is -2.10. The summed E-state index contributed by atoms with van der Waals surface area (Å²) in [6.45, 7) is 3.49. The second-order valence-corrected chi connectivity index (χ2v) is 4.80. The zero-order valence-corrected chi connectivity index (χ0v) is 11.5. The van der Waals surface area contributed by atoms with E-state index in [-0.39, 0.29) is 5.69 Å². The van der Waals surface area contributed by atoms with Gasteiger partial charge in [-0.3, -0.25) is 14.8 Å². The summed E-state index contributed by atoms with van der Waals surface area (Å²) in [6, 6.07) is 0. The van der Waals surface area contributed by atoms with Crippen molar-refractivity contribution in [2.75, 3.05) is 5.84 Å². The number of rotatable bonds is 4. The zero-order valence-electron chi connectivity index (χ0n) is 10.7. The fourth-order valence-electron chi connectivity index (χ4n) is 1.65. The van der Waals surface area contributed by atoms with E-state index >= 15 is 0 Å². The molecule has 0 atom stereocenters. The summed E-state index contributed by atoms with van der Waals surface area (Å²) in [7, 11) is 1.64. The van der Waals surface area contributed by atoms with Crippen LogP contribution in [-0.2, 0) is 13.5 Å². The number of nitrogens with zero attached hydrogens (tertiary/aromatic N) is 6. The molecule has 2 N–H and O–H groups in total. The van der Waals surface area contributed by atoms with Crippen molar-refractivity contribution in [1.29, 1.82) is 0 Å². The highest BCUT2D eigenvalue weighted by atomic mass is 32.2. The topological polar surface area (TPSA) is 118 Å². The molecular formula is C9H13N7O2S. The van der Waals surface area contributed by atoms with Crippen LogP contribution in [0.15, 0.2) is 10.2 Å². The van der Waals surface area contributed by atoms with Gasteiger partial charge in [0.05, 0.1) is 4.92 Å². The van der Waals surface area contributed by atoms with Crippen LogP contribution >= 0.6 is 11.8 Å². The van der Waals surface area contributed by atoms with Crippen molar-refractivity contribution in [2.24, 2.45) is 7.05 Å². The maximum Gasteiger partial charge on any atom is 0.324 e. The number of hydrogen-bond acceptors (Lipinski definition) is 7. The Morgan fingerprint density at radius 1 is 1.47 bits per heavy atom. The third-order valence-electron chi connectivity index (χ3n) is 2.56. The molecule has 0 unspecified atom stereocenters. The van der Waals surface area contributed by atoms with Gasteiger partial charge in [0.2, 0.25) is 5.16 Å². The number of nitrogens with two attached hydrogens (primary N) is 1. The van der Waals surface area contributed by atoms with Gasteiger partial charge in [-0.2, -0.15) is 5.10 Å². The van der Waals surface area contributed by atoms with Gasteiger partial charge in [0, 0.05) is 13.5 Å². The first kappa shape index (κ1) is 13.3. The lowest BCUT2D eigenvalue weighted by Gasteiger charge is -2.02. The van der Waals surface area contributed by atoms with Gasteiger partial charge in [-0.1, -0.05) is 6.92 Å². The molecular weight excluding hydrogens is 270 g/mol. The van der Waals surface area contributed by atoms with E-state index in [1.807, 2.05) is 6.92 Å². The highest BCUT2D eigenvalue weighted by molar-refractivity contribution is 7.99. The van der Waals surface area contributed by atoms with Crippen molar-refractivity contribution in [3.8, 4) is 0 Å². The third kappa shape index (κ3) is 2.26. The summed E-state index contributed by atoms with van der Waals surface area (Å²) < 4.78 is 2.77. The smallest absolute Gasteiger partial charge is 0.324 e. The largest absolute Gasteiger partial charge is 0.336 e. The first-order valence-electron chi connectivity index (χ1n) is 5.50. The maximum atomic E-state index is 11.1. The molecule has 9 nitrogen and oxygen atoms in total. The van der Waals surface area contributed by atoms with Crippen molar-refractivity contribution in [3.63, 3.8) is 0 Å². The first-order chi connectivity index (χ1) is 8.95. The molecule has 19 heavy (non-hydrogen) atoms. The fraction of sp³-hybridized carbons (Fsp3) is 0.444. The van der Waals surface area contributed by atoms with E-state index in [0.29, 0.717) is 28.1 Å². The molecule has 2 aromatic rings. The first-order valence-corrected chi connectivity index (χ1v) is 6.32. The molecule has 0 bridgehead atoms. The average Bonchev–Trinajstić information content (AvgIpc) is 2.81. The van der Waals surface area contributed by atoms with Crippen LogP contribution in [0.1, 0.15) is 18.4 Å².